The molecule has 0 aliphatic carbocycles. The van der Waals surface area contributed by atoms with Gasteiger partial charge in [-0.25, -0.2) is 0 Å². The summed E-state index contributed by atoms with van der Waals surface area (Å²) in [6.07, 6.45) is 6.12. The fourth-order valence-electron chi connectivity index (χ4n) is 4.14. The second-order valence-electron chi connectivity index (χ2n) is 7.68. The van der Waals surface area contributed by atoms with E-state index in [-0.39, 0.29) is 6.10 Å². The van der Waals surface area contributed by atoms with E-state index >= 15 is 0 Å². The lowest BCUT2D eigenvalue weighted by Gasteiger charge is -2.38. The van der Waals surface area contributed by atoms with Gasteiger partial charge < -0.3 is 14.6 Å². The standard InChI is InChI=1S/C22H28N2O3/c1-3-26-20-12-17-11-16(2)27-21(17)13-18(20)15-24-9-6-22(25,7-10-24)19-5-4-8-23-14-19/h4-5,8,12-14,16,25H,3,6-7,9-11,15H2,1-2H3. The first-order valence-corrected chi connectivity index (χ1v) is 9.88. The molecular weight excluding hydrogens is 340 g/mol. The van der Waals surface area contributed by atoms with E-state index in [1.807, 2.05) is 19.1 Å². The van der Waals surface area contributed by atoms with Gasteiger partial charge in [-0.2, -0.15) is 0 Å². The van der Waals surface area contributed by atoms with Gasteiger partial charge in [0, 0.05) is 55.1 Å². The summed E-state index contributed by atoms with van der Waals surface area (Å²) < 4.78 is 11.8. The van der Waals surface area contributed by atoms with Gasteiger partial charge in [-0.15, -0.1) is 0 Å². The van der Waals surface area contributed by atoms with Crippen molar-refractivity contribution < 1.29 is 14.6 Å². The molecule has 1 unspecified atom stereocenters. The summed E-state index contributed by atoms with van der Waals surface area (Å²) in [4.78, 5) is 6.54. The maximum absolute atomic E-state index is 11.0. The van der Waals surface area contributed by atoms with Crippen molar-refractivity contribution in [2.45, 2.75) is 51.4 Å². The largest absolute Gasteiger partial charge is 0.494 e. The molecule has 0 spiro atoms. The van der Waals surface area contributed by atoms with Gasteiger partial charge in [0.1, 0.15) is 17.6 Å². The number of aromatic nitrogens is 1. The van der Waals surface area contributed by atoms with E-state index in [1.54, 1.807) is 12.4 Å². The summed E-state index contributed by atoms with van der Waals surface area (Å²) in [5.41, 5.74) is 2.54. The number of hydrogen-bond acceptors (Lipinski definition) is 5. The topological polar surface area (TPSA) is 54.8 Å². The second-order valence-corrected chi connectivity index (χ2v) is 7.68. The number of benzene rings is 1. The molecule has 3 heterocycles. The number of likely N-dealkylation sites (tertiary alicyclic amines) is 1. The van der Waals surface area contributed by atoms with E-state index in [0.717, 1.165) is 48.7 Å². The van der Waals surface area contributed by atoms with Gasteiger partial charge in [0.25, 0.3) is 0 Å². The first kappa shape index (κ1) is 18.3. The van der Waals surface area contributed by atoms with Crippen LogP contribution in [0.5, 0.6) is 11.5 Å². The van der Waals surface area contributed by atoms with Gasteiger partial charge in [-0.1, -0.05) is 6.07 Å². The molecule has 27 heavy (non-hydrogen) atoms. The molecule has 1 saturated heterocycles. The van der Waals surface area contributed by atoms with Crippen LogP contribution in [0.3, 0.4) is 0 Å². The molecule has 2 aliphatic heterocycles. The van der Waals surface area contributed by atoms with E-state index in [1.165, 1.54) is 5.56 Å². The Bertz CT molecular complexity index is 786. The van der Waals surface area contributed by atoms with Crippen LogP contribution in [-0.4, -0.2) is 40.8 Å². The maximum Gasteiger partial charge on any atom is 0.124 e. The Morgan fingerprint density at radius 3 is 2.85 bits per heavy atom. The fraction of sp³-hybridized carbons (Fsp3) is 0.500. The maximum atomic E-state index is 11.0. The smallest absolute Gasteiger partial charge is 0.124 e. The Hall–Kier alpha value is -2.11. The fourth-order valence-corrected chi connectivity index (χ4v) is 4.14. The lowest BCUT2D eigenvalue weighted by molar-refractivity contribution is -0.0281. The highest BCUT2D eigenvalue weighted by atomic mass is 16.5. The molecule has 4 rings (SSSR count). The Kier molecular flexibility index (Phi) is 5.06. The zero-order valence-electron chi connectivity index (χ0n) is 16.1. The predicted octanol–water partition coefficient (Wildman–Crippen LogP) is 3.29. The third-order valence-corrected chi connectivity index (χ3v) is 5.66. The lowest BCUT2D eigenvalue weighted by Crippen LogP contribution is -2.42. The van der Waals surface area contributed by atoms with Crippen LogP contribution >= 0.6 is 0 Å². The van der Waals surface area contributed by atoms with Crippen LogP contribution in [0.4, 0.5) is 0 Å². The first-order chi connectivity index (χ1) is 13.1. The SMILES string of the molecule is CCOc1cc2c(cc1CN1CCC(O)(c3cccnc3)CC1)OC(C)C2. The minimum Gasteiger partial charge on any atom is -0.494 e. The van der Waals surface area contributed by atoms with Crippen LogP contribution in [0.15, 0.2) is 36.7 Å². The normalized spacial score (nSPS) is 21.5. The molecule has 5 nitrogen and oxygen atoms in total. The summed E-state index contributed by atoms with van der Waals surface area (Å²) in [5, 5.41) is 11.0. The lowest BCUT2D eigenvalue weighted by atomic mass is 9.85. The van der Waals surface area contributed by atoms with E-state index in [0.29, 0.717) is 19.4 Å². The van der Waals surface area contributed by atoms with Crippen LogP contribution in [0.25, 0.3) is 0 Å². The van der Waals surface area contributed by atoms with Gasteiger partial charge in [0.15, 0.2) is 0 Å². The number of piperidine rings is 1. The molecule has 5 heteroatoms. The molecule has 0 saturated carbocycles. The minimum atomic E-state index is -0.774. The highest BCUT2D eigenvalue weighted by Crippen LogP contribution is 2.37. The monoisotopic (exact) mass is 368 g/mol. The number of rotatable bonds is 5. The van der Waals surface area contributed by atoms with Crippen molar-refractivity contribution >= 4 is 0 Å². The summed E-state index contributed by atoms with van der Waals surface area (Å²) in [6.45, 7) is 7.26. The van der Waals surface area contributed by atoms with Crippen molar-refractivity contribution in [2.75, 3.05) is 19.7 Å². The zero-order valence-corrected chi connectivity index (χ0v) is 16.1. The molecule has 0 radical (unpaired) electrons. The molecule has 0 bridgehead atoms. The minimum absolute atomic E-state index is 0.231. The average molecular weight is 368 g/mol. The van der Waals surface area contributed by atoms with Crippen molar-refractivity contribution in [3.8, 4) is 11.5 Å². The number of nitrogens with zero attached hydrogens (tertiary/aromatic N) is 2. The van der Waals surface area contributed by atoms with Gasteiger partial charge in [0.2, 0.25) is 0 Å². The Morgan fingerprint density at radius 2 is 2.15 bits per heavy atom. The number of ether oxygens (including phenoxy) is 2. The number of pyridine rings is 1. The molecule has 2 aliphatic rings. The quantitative estimate of drug-likeness (QED) is 0.878. The average Bonchev–Trinajstić information content (AvgIpc) is 3.04. The highest BCUT2D eigenvalue weighted by molar-refractivity contribution is 5.48. The van der Waals surface area contributed by atoms with Crippen molar-refractivity contribution in [3.63, 3.8) is 0 Å². The number of hydrogen-bond donors (Lipinski definition) is 1. The molecule has 0 amide bonds. The molecule has 144 valence electrons. The summed E-state index contributed by atoms with van der Waals surface area (Å²) in [6, 6.07) is 8.15. The molecule has 1 atom stereocenters. The molecular formula is C22H28N2O3. The van der Waals surface area contributed by atoms with Crippen LogP contribution in [0.2, 0.25) is 0 Å². The summed E-state index contributed by atoms with van der Waals surface area (Å²) in [5.74, 6) is 1.95. The van der Waals surface area contributed by atoms with Gasteiger partial charge in [-0.05, 0) is 44.9 Å². The second kappa shape index (κ2) is 7.49. The van der Waals surface area contributed by atoms with Crippen molar-refractivity contribution in [1.29, 1.82) is 0 Å². The zero-order chi connectivity index (χ0) is 18.9. The predicted molar refractivity (Wildman–Crippen MR) is 104 cm³/mol. The van der Waals surface area contributed by atoms with Crippen LogP contribution < -0.4 is 9.47 Å². The molecule has 1 fully saturated rings. The molecule has 1 aromatic heterocycles. The third kappa shape index (κ3) is 3.80. The Morgan fingerprint density at radius 1 is 1.33 bits per heavy atom. The van der Waals surface area contributed by atoms with Crippen LogP contribution in [0, 0.1) is 0 Å². The van der Waals surface area contributed by atoms with Crippen molar-refractivity contribution in [2.24, 2.45) is 0 Å². The van der Waals surface area contributed by atoms with Crippen molar-refractivity contribution in [1.82, 2.24) is 9.88 Å². The van der Waals surface area contributed by atoms with Gasteiger partial charge in [0.05, 0.1) is 12.2 Å². The number of fused-ring (bicyclic) bond motifs is 1. The molecule has 2 aromatic rings. The third-order valence-electron chi connectivity index (χ3n) is 5.66. The Labute approximate surface area is 160 Å². The summed E-state index contributed by atoms with van der Waals surface area (Å²) >= 11 is 0. The van der Waals surface area contributed by atoms with Crippen LogP contribution in [-0.2, 0) is 18.6 Å². The number of aliphatic hydroxyl groups is 1. The Balaban J connectivity index is 1.47. The van der Waals surface area contributed by atoms with E-state index in [9.17, 15) is 5.11 Å². The van der Waals surface area contributed by atoms with Gasteiger partial charge >= 0.3 is 0 Å². The van der Waals surface area contributed by atoms with E-state index < -0.39 is 5.60 Å². The highest BCUT2D eigenvalue weighted by Gasteiger charge is 2.34. The molecule has 1 aromatic carbocycles. The van der Waals surface area contributed by atoms with E-state index in [4.69, 9.17) is 9.47 Å². The van der Waals surface area contributed by atoms with Crippen LogP contribution in [0.1, 0.15) is 43.4 Å². The summed E-state index contributed by atoms with van der Waals surface area (Å²) in [7, 11) is 0. The molecule has 1 N–H and O–H groups in total. The van der Waals surface area contributed by atoms with Crippen molar-refractivity contribution in [3.05, 3.63) is 53.3 Å². The first-order valence-electron chi connectivity index (χ1n) is 9.88. The van der Waals surface area contributed by atoms with E-state index in [2.05, 4.69) is 28.9 Å². The van der Waals surface area contributed by atoms with Gasteiger partial charge in [-0.3, -0.25) is 9.88 Å².